The summed E-state index contributed by atoms with van der Waals surface area (Å²) in [5, 5.41) is 16.7. The van der Waals surface area contributed by atoms with Crippen LogP contribution in [0.1, 0.15) is 41.4 Å². The summed E-state index contributed by atoms with van der Waals surface area (Å²) in [5.41, 5.74) is 10.5. The SMILES string of the molecule is Cc1nnn(CC2CC(c3ccc(Br)c(F)c3)=NO2)c1C(N)C1CC(c2ccc(Br)c(F)c2)=NO1. The van der Waals surface area contributed by atoms with Gasteiger partial charge in [0.15, 0.2) is 12.2 Å². The maximum atomic E-state index is 14.0. The first-order valence-electron chi connectivity index (χ1n) is 10.8. The molecule has 8 nitrogen and oxygen atoms in total. The Bertz CT molecular complexity index is 1350. The molecule has 1 aromatic heterocycles. The van der Waals surface area contributed by atoms with E-state index in [1.54, 1.807) is 28.9 Å². The molecule has 0 bridgehead atoms. The van der Waals surface area contributed by atoms with Gasteiger partial charge in [-0.1, -0.05) is 27.7 Å². The monoisotopic (exact) mass is 608 g/mol. The second-order valence-corrected chi connectivity index (χ2v) is 10.1. The molecule has 12 heteroatoms. The van der Waals surface area contributed by atoms with Crippen LogP contribution in [-0.4, -0.2) is 38.6 Å². The van der Waals surface area contributed by atoms with Gasteiger partial charge in [-0.25, -0.2) is 13.5 Å². The van der Waals surface area contributed by atoms with Crippen molar-refractivity contribution in [2.75, 3.05) is 0 Å². The van der Waals surface area contributed by atoms with Crippen molar-refractivity contribution in [3.05, 3.63) is 79.5 Å². The molecule has 0 saturated carbocycles. The van der Waals surface area contributed by atoms with Gasteiger partial charge in [-0.2, -0.15) is 0 Å². The van der Waals surface area contributed by atoms with Crippen molar-refractivity contribution in [1.82, 2.24) is 15.0 Å². The van der Waals surface area contributed by atoms with Crippen LogP contribution in [0.15, 0.2) is 55.7 Å². The maximum Gasteiger partial charge on any atom is 0.153 e. The van der Waals surface area contributed by atoms with Gasteiger partial charge in [0.1, 0.15) is 11.6 Å². The predicted octanol–water partition coefficient (Wildman–Crippen LogP) is 4.78. The molecule has 35 heavy (non-hydrogen) atoms. The molecule has 182 valence electrons. The molecule has 3 unspecified atom stereocenters. The summed E-state index contributed by atoms with van der Waals surface area (Å²) in [6.45, 7) is 2.18. The molecule has 2 aromatic carbocycles. The molecular formula is C23H20Br2F2N6O2. The van der Waals surface area contributed by atoms with Crippen LogP contribution in [0.5, 0.6) is 0 Å². The first kappa shape index (κ1) is 24.0. The van der Waals surface area contributed by atoms with Crippen molar-refractivity contribution in [2.24, 2.45) is 16.0 Å². The molecule has 0 radical (unpaired) electrons. The topological polar surface area (TPSA) is 99.9 Å². The lowest BCUT2D eigenvalue weighted by Gasteiger charge is -2.20. The zero-order chi connectivity index (χ0) is 24.7. The van der Waals surface area contributed by atoms with E-state index in [1.165, 1.54) is 12.1 Å². The summed E-state index contributed by atoms with van der Waals surface area (Å²) in [6.07, 6.45) is 0.118. The fourth-order valence-electron chi connectivity index (χ4n) is 4.13. The first-order chi connectivity index (χ1) is 16.8. The quantitative estimate of drug-likeness (QED) is 0.434. The third-order valence-electron chi connectivity index (χ3n) is 5.98. The van der Waals surface area contributed by atoms with E-state index >= 15 is 0 Å². The first-order valence-corrected chi connectivity index (χ1v) is 12.4. The highest BCUT2D eigenvalue weighted by atomic mass is 79.9. The fourth-order valence-corrected chi connectivity index (χ4v) is 4.63. The van der Waals surface area contributed by atoms with E-state index in [1.807, 2.05) is 6.92 Å². The molecule has 0 aliphatic carbocycles. The van der Waals surface area contributed by atoms with Crippen molar-refractivity contribution >= 4 is 43.3 Å². The van der Waals surface area contributed by atoms with Gasteiger partial charge in [0.25, 0.3) is 0 Å². The number of nitrogens with zero attached hydrogens (tertiary/aromatic N) is 5. The van der Waals surface area contributed by atoms with E-state index in [2.05, 4.69) is 52.5 Å². The van der Waals surface area contributed by atoms with Gasteiger partial charge < -0.3 is 15.4 Å². The molecule has 3 heterocycles. The fraction of sp³-hybridized carbons (Fsp3) is 0.304. The second kappa shape index (κ2) is 9.75. The summed E-state index contributed by atoms with van der Waals surface area (Å²) < 4.78 is 30.3. The van der Waals surface area contributed by atoms with Crippen LogP contribution in [0, 0.1) is 18.6 Å². The number of oxime groups is 2. The normalized spacial score (nSPS) is 20.3. The molecule has 0 fully saturated rings. The number of aryl methyl sites for hydroxylation is 1. The van der Waals surface area contributed by atoms with Crippen LogP contribution in [0.25, 0.3) is 0 Å². The highest BCUT2D eigenvalue weighted by Crippen LogP contribution is 2.29. The zero-order valence-corrected chi connectivity index (χ0v) is 21.6. The Kier molecular flexibility index (Phi) is 6.69. The minimum absolute atomic E-state index is 0.314. The van der Waals surface area contributed by atoms with Crippen LogP contribution < -0.4 is 5.73 Å². The summed E-state index contributed by atoms with van der Waals surface area (Å²) in [6, 6.07) is 9.07. The highest BCUT2D eigenvalue weighted by molar-refractivity contribution is 9.10. The number of halogens is 4. The van der Waals surface area contributed by atoms with Gasteiger partial charge in [-0.3, -0.25) is 0 Å². The molecule has 0 saturated heterocycles. The lowest BCUT2D eigenvalue weighted by molar-refractivity contribution is 0.0558. The molecule has 0 amide bonds. The molecule has 2 N–H and O–H groups in total. The van der Waals surface area contributed by atoms with Crippen molar-refractivity contribution in [3.63, 3.8) is 0 Å². The Labute approximate surface area is 216 Å². The van der Waals surface area contributed by atoms with Crippen molar-refractivity contribution < 1.29 is 18.5 Å². The summed E-state index contributed by atoms with van der Waals surface area (Å²) in [4.78, 5) is 11.2. The average Bonchev–Trinajstić information content (AvgIpc) is 3.58. The third-order valence-corrected chi connectivity index (χ3v) is 7.26. The standard InChI is InChI=1S/C23H20Br2F2N6O2/c1-11-23(22(28)21-9-20(31-35-21)13-3-5-16(25)18(27)7-13)33(32-29-11)10-14-8-19(30-34-14)12-2-4-15(24)17(26)6-12/h2-7,14,21-22H,8-10,28H2,1H3. The average molecular weight is 610 g/mol. The Hall–Kier alpha value is -2.70. The minimum Gasteiger partial charge on any atom is -0.390 e. The van der Waals surface area contributed by atoms with Crippen LogP contribution in [-0.2, 0) is 16.2 Å². The van der Waals surface area contributed by atoms with Gasteiger partial charge in [0.05, 0.1) is 44.3 Å². The van der Waals surface area contributed by atoms with E-state index in [0.29, 0.717) is 62.3 Å². The van der Waals surface area contributed by atoms with Gasteiger partial charge in [0, 0.05) is 24.0 Å². The largest absolute Gasteiger partial charge is 0.390 e. The highest BCUT2D eigenvalue weighted by Gasteiger charge is 2.34. The third kappa shape index (κ3) is 4.87. The Morgan fingerprint density at radius 2 is 1.60 bits per heavy atom. The van der Waals surface area contributed by atoms with Crippen LogP contribution in [0.2, 0.25) is 0 Å². The molecular weight excluding hydrogens is 590 g/mol. The number of hydrogen-bond acceptors (Lipinski definition) is 7. The van der Waals surface area contributed by atoms with E-state index in [-0.39, 0.29) is 17.7 Å². The van der Waals surface area contributed by atoms with Gasteiger partial charge in [-0.15, -0.1) is 5.10 Å². The van der Waals surface area contributed by atoms with E-state index in [4.69, 9.17) is 15.4 Å². The molecule has 2 aliphatic rings. The Balaban J connectivity index is 1.26. The number of nitrogens with two attached hydrogens (primary N) is 1. The Morgan fingerprint density at radius 1 is 1.00 bits per heavy atom. The minimum atomic E-state index is -0.575. The number of aromatic nitrogens is 3. The molecule has 0 spiro atoms. The summed E-state index contributed by atoms with van der Waals surface area (Å²) >= 11 is 6.31. The number of rotatable bonds is 6. The second-order valence-electron chi connectivity index (χ2n) is 8.38. The smallest absolute Gasteiger partial charge is 0.153 e. The molecule has 2 aliphatic heterocycles. The van der Waals surface area contributed by atoms with E-state index < -0.39 is 12.1 Å². The maximum absolute atomic E-state index is 14.0. The van der Waals surface area contributed by atoms with Crippen LogP contribution >= 0.6 is 31.9 Å². The predicted molar refractivity (Wildman–Crippen MR) is 132 cm³/mol. The van der Waals surface area contributed by atoms with Gasteiger partial charge >= 0.3 is 0 Å². The number of hydrogen-bond donors (Lipinski definition) is 1. The van der Waals surface area contributed by atoms with Crippen molar-refractivity contribution in [2.45, 2.75) is 44.6 Å². The van der Waals surface area contributed by atoms with E-state index in [0.717, 1.165) is 0 Å². The Morgan fingerprint density at radius 3 is 2.23 bits per heavy atom. The van der Waals surface area contributed by atoms with E-state index in [9.17, 15) is 8.78 Å². The summed E-state index contributed by atoms with van der Waals surface area (Å²) in [7, 11) is 0. The molecule has 3 atom stereocenters. The lowest BCUT2D eigenvalue weighted by Crippen LogP contribution is -2.31. The summed E-state index contributed by atoms with van der Waals surface area (Å²) in [5.74, 6) is -0.738. The number of benzene rings is 2. The van der Waals surface area contributed by atoms with Gasteiger partial charge in [-0.05, 0) is 63.0 Å². The van der Waals surface area contributed by atoms with Gasteiger partial charge in [0.2, 0.25) is 0 Å². The lowest BCUT2D eigenvalue weighted by atomic mass is 9.98. The molecule has 5 rings (SSSR count). The molecule has 3 aromatic rings. The van der Waals surface area contributed by atoms with Crippen molar-refractivity contribution in [1.29, 1.82) is 0 Å². The van der Waals surface area contributed by atoms with Crippen molar-refractivity contribution in [3.8, 4) is 0 Å². The van der Waals surface area contributed by atoms with Crippen LogP contribution in [0.3, 0.4) is 0 Å². The van der Waals surface area contributed by atoms with Crippen LogP contribution in [0.4, 0.5) is 8.78 Å². The zero-order valence-electron chi connectivity index (χ0n) is 18.5.